The number of fused-ring (bicyclic) bond motifs is 1. The molecule has 1 aliphatic rings. The number of rotatable bonds is 4. The molecule has 0 fully saturated rings. The van der Waals surface area contributed by atoms with E-state index in [1.165, 1.54) is 25.3 Å². The summed E-state index contributed by atoms with van der Waals surface area (Å²) in [6.07, 6.45) is -4.82. The molecule has 1 aliphatic heterocycles. The summed E-state index contributed by atoms with van der Waals surface area (Å²) in [5, 5.41) is 2.67. The van der Waals surface area contributed by atoms with Gasteiger partial charge >= 0.3 is 12.1 Å². The third-order valence-electron chi connectivity index (χ3n) is 4.24. The van der Waals surface area contributed by atoms with Crippen molar-refractivity contribution in [1.82, 2.24) is 5.32 Å². The number of nitrogens with one attached hydrogen (secondary N) is 1. The van der Waals surface area contributed by atoms with Crippen LogP contribution in [0.3, 0.4) is 0 Å². The van der Waals surface area contributed by atoms with Gasteiger partial charge in [-0.3, -0.25) is 4.79 Å². The van der Waals surface area contributed by atoms with Crippen molar-refractivity contribution in [2.75, 3.05) is 13.7 Å². The second-order valence-electron chi connectivity index (χ2n) is 6.14. The van der Waals surface area contributed by atoms with E-state index in [1.807, 2.05) is 0 Å². The first kappa shape index (κ1) is 20.0. The van der Waals surface area contributed by atoms with E-state index in [2.05, 4.69) is 10.1 Å². The highest BCUT2D eigenvalue weighted by Gasteiger charge is 2.35. The lowest BCUT2D eigenvalue weighted by atomic mass is 10.1. The Morgan fingerprint density at radius 1 is 1.29 bits per heavy atom. The van der Waals surface area contributed by atoms with Crippen LogP contribution >= 0.6 is 11.6 Å². The molecule has 0 aliphatic carbocycles. The van der Waals surface area contributed by atoms with Crippen molar-refractivity contribution in [2.45, 2.75) is 18.7 Å². The quantitative estimate of drug-likeness (QED) is 0.773. The molecule has 0 saturated heterocycles. The summed E-state index contributed by atoms with van der Waals surface area (Å²) in [6, 6.07) is 7.53. The van der Waals surface area contributed by atoms with Gasteiger partial charge in [0.2, 0.25) is 0 Å². The van der Waals surface area contributed by atoms with E-state index < -0.39 is 35.3 Å². The Labute approximate surface area is 163 Å². The van der Waals surface area contributed by atoms with E-state index in [1.54, 1.807) is 6.07 Å². The van der Waals surface area contributed by atoms with Gasteiger partial charge < -0.3 is 14.8 Å². The van der Waals surface area contributed by atoms with Crippen LogP contribution in [-0.4, -0.2) is 31.6 Å². The van der Waals surface area contributed by atoms with Gasteiger partial charge in [0.25, 0.3) is 5.91 Å². The molecule has 2 aromatic rings. The van der Waals surface area contributed by atoms with Gasteiger partial charge in [-0.15, -0.1) is 0 Å². The highest BCUT2D eigenvalue weighted by Crippen LogP contribution is 2.37. The maximum Gasteiger partial charge on any atom is 0.417 e. The zero-order chi connectivity index (χ0) is 20.5. The number of ether oxygens (including phenoxy) is 2. The van der Waals surface area contributed by atoms with E-state index in [4.69, 9.17) is 16.3 Å². The number of esters is 1. The normalized spacial score (nSPS) is 15.5. The Bertz CT molecular complexity index is 930. The minimum Gasteiger partial charge on any atom is -0.486 e. The Balaban J connectivity index is 1.69. The van der Waals surface area contributed by atoms with Crippen molar-refractivity contribution in [3.63, 3.8) is 0 Å². The first-order valence-corrected chi connectivity index (χ1v) is 8.60. The molecule has 0 radical (unpaired) electrons. The number of carbonyl (C=O) groups is 2. The molecule has 5 nitrogen and oxygen atoms in total. The van der Waals surface area contributed by atoms with Crippen LogP contribution in [0, 0.1) is 0 Å². The summed E-state index contributed by atoms with van der Waals surface area (Å²) >= 11 is 6.13. The number of alkyl halides is 3. The fraction of sp³-hybridized carbons (Fsp3) is 0.263. The lowest BCUT2D eigenvalue weighted by molar-refractivity contribution is -0.137. The van der Waals surface area contributed by atoms with Gasteiger partial charge in [-0.2, -0.15) is 13.2 Å². The molecular weight excluding hydrogens is 399 g/mol. The molecule has 28 heavy (non-hydrogen) atoms. The Kier molecular flexibility index (Phi) is 5.51. The second kappa shape index (κ2) is 7.71. The standard InChI is InChI=1S/C19H15ClF3NO4/c1-27-18(26)11-6-10-7-12(28-16(10)15(20)8-11)9-24-17(25)13-4-2-3-5-14(13)19(21,22)23/h2-6,8,12H,7,9H2,1H3,(H,24,25). The van der Waals surface area contributed by atoms with E-state index in [0.717, 1.165) is 12.1 Å². The highest BCUT2D eigenvalue weighted by atomic mass is 35.5. The molecule has 0 spiro atoms. The van der Waals surface area contributed by atoms with Crippen LogP contribution in [0.5, 0.6) is 5.75 Å². The zero-order valence-corrected chi connectivity index (χ0v) is 15.4. The van der Waals surface area contributed by atoms with Crippen LogP contribution in [-0.2, 0) is 17.3 Å². The molecule has 1 unspecified atom stereocenters. The predicted molar refractivity (Wildman–Crippen MR) is 94.7 cm³/mol. The number of carbonyl (C=O) groups excluding carboxylic acids is 2. The summed E-state index contributed by atoms with van der Waals surface area (Å²) in [5.74, 6) is -1.02. The minimum atomic E-state index is -4.63. The molecule has 9 heteroatoms. The fourth-order valence-corrected chi connectivity index (χ4v) is 3.25. The summed E-state index contributed by atoms with van der Waals surface area (Å²) in [4.78, 5) is 23.9. The summed E-state index contributed by atoms with van der Waals surface area (Å²) in [7, 11) is 1.25. The smallest absolute Gasteiger partial charge is 0.417 e. The van der Waals surface area contributed by atoms with Gasteiger partial charge in [0.15, 0.2) is 0 Å². The van der Waals surface area contributed by atoms with E-state index in [9.17, 15) is 22.8 Å². The SMILES string of the molecule is COC(=O)c1cc(Cl)c2c(c1)CC(CNC(=O)c1ccccc1C(F)(F)F)O2. The van der Waals surface area contributed by atoms with E-state index in [0.29, 0.717) is 17.7 Å². The van der Waals surface area contributed by atoms with E-state index in [-0.39, 0.29) is 17.1 Å². The number of hydrogen-bond acceptors (Lipinski definition) is 4. The molecular formula is C19H15ClF3NO4. The number of benzene rings is 2. The summed E-state index contributed by atoms with van der Waals surface area (Å²) < 4.78 is 49.5. The monoisotopic (exact) mass is 413 g/mol. The number of halogens is 4. The first-order chi connectivity index (χ1) is 13.2. The maximum atomic E-state index is 13.0. The molecule has 148 valence electrons. The van der Waals surface area contributed by atoms with Crippen LogP contribution in [0.25, 0.3) is 0 Å². The Morgan fingerprint density at radius 3 is 2.68 bits per heavy atom. The van der Waals surface area contributed by atoms with E-state index >= 15 is 0 Å². The largest absolute Gasteiger partial charge is 0.486 e. The molecule has 0 saturated carbocycles. The van der Waals surface area contributed by atoms with Gasteiger partial charge in [-0.1, -0.05) is 23.7 Å². The molecule has 0 aromatic heterocycles. The molecule has 0 bridgehead atoms. The minimum absolute atomic E-state index is 0.0242. The zero-order valence-electron chi connectivity index (χ0n) is 14.6. The Hall–Kier alpha value is -2.74. The van der Waals surface area contributed by atoms with Gasteiger partial charge in [-0.05, 0) is 24.3 Å². The summed E-state index contributed by atoms with van der Waals surface area (Å²) in [6.45, 7) is -0.0242. The molecule has 1 amide bonds. The Morgan fingerprint density at radius 2 is 2.00 bits per heavy atom. The average Bonchev–Trinajstić information content (AvgIpc) is 3.08. The van der Waals surface area contributed by atoms with Crippen molar-refractivity contribution in [3.05, 3.63) is 63.7 Å². The second-order valence-corrected chi connectivity index (χ2v) is 6.54. The van der Waals surface area contributed by atoms with Crippen molar-refractivity contribution in [2.24, 2.45) is 0 Å². The summed E-state index contributed by atoms with van der Waals surface area (Å²) in [5.41, 5.74) is -0.549. The average molecular weight is 414 g/mol. The lowest BCUT2D eigenvalue weighted by Crippen LogP contribution is -2.35. The van der Waals surface area contributed by atoms with Crippen LogP contribution < -0.4 is 10.1 Å². The van der Waals surface area contributed by atoms with Gasteiger partial charge in [-0.25, -0.2) is 4.79 Å². The van der Waals surface area contributed by atoms with Crippen molar-refractivity contribution >= 4 is 23.5 Å². The molecule has 3 rings (SSSR count). The fourth-order valence-electron chi connectivity index (χ4n) is 2.97. The topological polar surface area (TPSA) is 64.6 Å². The van der Waals surface area contributed by atoms with Gasteiger partial charge in [0, 0.05) is 12.0 Å². The molecule has 2 aromatic carbocycles. The third-order valence-corrected chi connectivity index (χ3v) is 4.52. The highest BCUT2D eigenvalue weighted by molar-refractivity contribution is 6.32. The van der Waals surface area contributed by atoms with Gasteiger partial charge in [0.05, 0.1) is 35.4 Å². The van der Waals surface area contributed by atoms with Gasteiger partial charge in [0.1, 0.15) is 11.9 Å². The van der Waals surface area contributed by atoms with Crippen LogP contribution in [0.1, 0.15) is 31.8 Å². The molecule has 1 N–H and O–H groups in total. The first-order valence-electron chi connectivity index (χ1n) is 8.22. The number of amides is 1. The van der Waals surface area contributed by atoms with Crippen molar-refractivity contribution in [3.8, 4) is 5.75 Å². The van der Waals surface area contributed by atoms with Crippen molar-refractivity contribution < 1.29 is 32.2 Å². The van der Waals surface area contributed by atoms with Crippen molar-refractivity contribution in [1.29, 1.82) is 0 Å². The number of hydrogen-bond donors (Lipinski definition) is 1. The number of methoxy groups -OCH3 is 1. The third kappa shape index (κ3) is 4.06. The lowest BCUT2D eigenvalue weighted by Gasteiger charge is -2.15. The predicted octanol–water partition coefficient (Wildman–Crippen LogP) is 3.88. The van der Waals surface area contributed by atoms with Crippen LogP contribution in [0.15, 0.2) is 36.4 Å². The molecule has 1 atom stereocenters. The molecule has 1 heterocycles. The van der Waals surface area contributed by atoms with Crippen LogP contribution in [0.4, 0.5) is 13.2 Å². The maximum absolute atomic E-state index is 13.0. The van der Waals surface area contributed by atoms with Crippen LogP contribution in [0.2, 0.25) is 5.02 Å².